The number of fused-ring (bicyclic) bond motifs is 1. The minimum absolute atomic E-state index is 0.0289. The van der Waals surface area contributed by atoms with Gasteiger partial charge in [-0.2, -0.15) is 0 Å². The first-order valence-corrected chi connectivity index (χ1v) is 12.3. The highest BCUT2D eigenvalue weighted by Gasteiger charge is 2.19. The molecule has 34 heavy (non-hydrogen) atoms. The number of ether oxygens (including phenoxy) is 1. The van der Waals surface area contributed by atoms with Gasteiger partial charge in [0.1, 0.15) is 16.5 Å². The zero-order valence-electron chi connectivity index (χ0n) is 18.6. The minimum atomic E-state index is -3.83. The average molecular weight is 477 g/mol. The molecule has 2 aromatic carbocycles. The third-order valence-electron chi connectivity index (χ3n) is 5.93. The number of pyridine rings is 1. The van der Waals surface area contributed by atoms with Crippen molar-refractivity contribution < 1.29 is 13.2 Å². The number of aromatic nitrogens is 3. The van der Waals surface area contributed by atoms with E-state index in [1.807, 2.05) is 36.4 Å². The van der Waals surface area contributed by atoms with Gasteiger partial charge in [0.15, 0.2) is 0 Å². The highest BCUT2D eigenvalue weighted by Crippen LogP contribution is 2.27. The summed E-state index contributed by atoms with van der Waals surface area (Å²) in [5.41, 5.74) is 4.07. The summed E-state index contributed by atoms with van der Waals surface area (Å²) < 4.78 is 28.7. The van der Waals surface area contributed by atoms with Crippen LogP contribution >= 0.6 is 0 Å². The summed E-state index contributed by atoms with van der Waals surface area (Å²) in [6.45, 7) is 3.35. The van der Waals surface area contributed by atoms with Gasteiger partial charge in [0.05, 0.1) is 24.3 Å². The van der Waals surface area contributed by atoms with Crippen molar-refractivity contribution in [1.29, 1.82) is 0 Å². The van der Waals surface area contributed by atoms with Crippen molar-refractivity contribution in [3.8, 4) is 16.9 Å². The van der Waals surface area contributed by atoms with E-state index in [4.69, 9.17) is 14.9 Å². The Balaban J connectivity index is 1.37. The van der Waals surface area contributed by atoms with Crippen molar-refractivity contribution >= 4 is 32.6 Å². The quantitative estimate of drug-likeness (QED) is 0.468. The molecule has 1 saturated heterocycles. The molecule has 10 heteroatoms. The fraction of sp³-hybridized carbons (Fsp3) is 0.208. The summed E-state index contributed by atoms with van der Waals surface area (Å²) in [5, 5.41) is 5.25. The van der Waals surface area contributed by atoms with Crippen molar-refractivity contribution in [3.05, 3.63) is 67.1 Å². The number of benzene rings is 2. The van der Waals surface area contributed by atoms with Gasteiger partial charge in [-0.25, -0.2) is 18.5 Å². The molecule has 0 amide bonds. The first-order chi connectivity index (χ1) is 16.4. The molecule has 5 rings (SSSR count). The van der Waals surface area contributed by atoms with Crippen molar-refractivity contribution in [2.24, 2.45) is 5.14 Å². The standard InChI is InChI=1S/C24H24N6O3S/c1-33-20-4-2-3-19(13-20)29-7-9-30(10-8-29)24-16-27-22-6-5-17(12-23(22)28-24)18-11-21(15-26-14-18)34(25,31)32/h2-6,11-16H,7-10H2,1H3,(H2,25,31,32). The summed E-state index contributed by atoms with van der Waals surface area (Å²) in [6, 6.07) is 15.2. The Hall–Kier alpha value is -3.76. The molecule has 2 N–H and O–H groups in total. The lowest BCUT2D eigenvalue weighted by atomic mass is 10.1. The van der Waals surface area contributed by atoms with E-state index in [2.05, 4.69) is 25.8 Å². The van der Waals surface area contributed by atoms with Gasteiger partial charge in [-0.3, -0.25) is 9.97 Å². The topological polar surface area (TPSA) is 115 Å². The van der Waals surface area contributed by atoms with E-state index in [9.17, 15) is 8.42 Å². The average Bonchev–Trinajstić information content (AvgIpc) is 2.88. The molecule has 0 unspecified atom stereocenters. The lowest BCUT2D eigenvalue weighted by Crippen LogP contribution is -2.46. The van der Waals surface area contributed by atoms with Crippen LogP contribution in [0.25, 0.3) is 22.2 Å². The van der Waals surface area contributed by atoms with Crippen molar-refractivity contribution in [1.82, 2.24) is 15.0 Å². The molecule has 174 valence electrons. The number of nitrogens with zero attached hydrogens (tertiary/aromatic N) is 5. The Bertz CT molecular complexity index is 1450. The SMILES string of the molecule is COc1cccc(N2CCN(c3cnc4ccc(-c5cncc(S(N)(=O)=O)c5)cc4n3)CC2)c1. The Morgan fingerprint density at radius 1 is 0.882 bits per heavy atom. The molecule has 3 heterocycles. The second-order valence-electron chi connectivity index (χ2n) is 8.06. The third kappa shape index (κ3) is 4.50. The van der Waals surface area contributed by atoms with Crippen LogP contribution in [0.4, 0.5) is 11.5 Å². The second kappa shape index (κ2) is 8.88. The van der Waals surface area contributed by atoms with E-state index < -0.39 is 10.0 Å². The number of rotatable bonds is 5. The lowest BCUT2D eigenvalue weighted by Gasteiger charge is -2.36. The van der Waals surface area contributed by atoms with Crippen molar-refractivity contribution in [3.63, 3.8) is 0 Å². The molecule has 0 radical (unpaired) electrons. The maximum Gasteiger partial charge on any atom is 0.239 e. The summed E-state index contributed by atoms with van der Waals surface area (Å²) in [4.78, 5) is 18.0. The Kier molecular flexibility index (Phi) is 5.76. The van der Waals surface area contributed by atoms with Crippen LogP contribution in [0.15, 0.2) is 72.0 Å². The maximum atomic E-state index is 11.7. The molecule has 4 aromatic rings. The van der Waals surface area contributed by atoms with Gasteiger partial charge in [-0.05, 0) is 35.9 Å². The smallest absolute Gasteiger partial charge is 0.239 e. The summed E-state index contributed by atoms with van der Waals surface area (Å²) in [7, 11) is -2.16. The lowest BCUT2D eigenvalue weighted by molar-refractivity contribution is 0.414. The van der Waals surface area contributed by atoms with Crippen LogP contribution in [-0.4, -0.2) is 56.7 Å². The van der Waals surface area contributed by atoms with E-state index in [0.29, 0.717) is 5.56 Å². The number of hydrogen-bond acceptors (Lipinski definition) is 8. The minimum Gasteiger partial charge on any atom is -0.497 e. The van der Waals surface area contributed by atoms with Gasteiger partial charge in [0.25, 0.3) is 0 Å². The Labute approximate surface area is 197 Å². The molecule has 1 aliphatic heterocycles. The zero-order valence-corrected chi connectivity index (χ0v) is 19.4. The largest absolute Gasteiger partial charge is 0.497 e. The number of hydrogen-bond donors (Lipinski definition) is 1. The molecule has 0 saturated carbocycles. The Morgan fingerprint density at radius 3 is 2.44 bits per heavy atom. The van der Waals surface area contributed by atoms with E-state index in [1.165, 1.54) is 12.3 Å². The fourth-order valence-electron chi connectivity index (χ4n) is 4.07. The molecule has 0 spiro atoms. The summed E-state index contributed by atoms with van der Waals surface area (Å²) >= 11 is 0. The van der Waals surface area contributed by atoms with Gasteiger partial charge in [-0.1, -0.05) is 12.1 Å². The normalized spacial score (nSPS) is 14.4. The molecular weight excluding hydrogens is 452 g/mol. The molecule has 0 atom stereocenters. The Morgan fingerprint density at radius 2 is 1.68 bits per heavy atom. The number of anilines is 2. The van der Waals surface area contributed by atoms with Gasteiger partial charge in [0, 0.05) is 55.9 Å². The van der Waals surface area contributed by atoms with Crippen molar-refractivity contribution in [2.75, 3.05) is 43.1 Å². The molecule has 1 aliphatic rings. The monoisotopic (exact) mass is 476 g/mol. The first kappa shape index (κ1) is 22.1. The van der Waals surface area contributed by atoms with Crippen molar-refractivity contribution in [2.45, 2.75) is 4.90 Å². The number of primary sulfonamides is 1. The van der Waals surface area contributed by atoms with Gasteiger partial charge in [-0.15, -0.1) is 0 Å². The van der Waals surface area contributed by atoms with Crippen LogP contribution in [0.3, 0.4) is 0 Å². The number of piperazine rings is 1. The van der Waals surface area contributed by atoms with Crippen LogP contribution in [0.2, 0.25) is 0 Å². The molecule has 2 aromatic heterocycles. The first-order valence-electron chi connectivity index (χ1n) is 10.8. The fourth-order valence-corrected chi connectivity index (χ4v) is 4.57. The molecule has 1 fully saturated rings. The molecule has 9 nitrogen and oxygen atoms in total. The molecule has 0 aliphatic carbocycles. The molecular formula is C24H24N6O3S. The predicted octanol–water partition coefficient (Wildman–Crippen LogP) is 2.67. The summed E-state index contributed by atoms with van der Waals surface area (Å²) in [5.74, 6) is 1.66. The van der Waals surface area contributed by atoms with E-state index in [1.54, 1.807) is 19.5 Å². The summed E-state index contributed by atoms with van der Waals surface area (Å²) in [6.07, 6.45) is 4.64. The predicted molar refractivity (Wildman–Crippen MR) is 132 cm³/mol. The van der Waals surface area contributed by atoms with Crippen LogP contribution in [-0.2, 0) is 10.0 Å². The van der Waals surface area contributed by atoms with Gasteiger partial charge >= 0.3 is 0 Å². The van der Waals surface area contributed by atoms with Crippen LogP contribution in [0.5, 0.6) is 5.75 Å². The van der Waals surface area contributed by atoms with Gasteiger partial charge < -0.3 is 14.5 Å². The second-order valence-corrected chi connectivity index (χ2v) is 9.62. The third-order valence-corrected chi connectivity index (χ3v) is 6.81. The number of nitrogens with two attached hydrogens (primary N) is 1. The van der Waals surface area contributed by atoms with Crippen LogP contribution in [0, 0.1) is 0 Å². The zero-order chi connectivity index (χ0) is 23.7. The highest BCUT2D eigenvalue weighted by molar-refractivity contribution is 7.89. The number of methoxy groups -OCH3 is 1. The van der Waals surface area contributed by atoms with E-state index >= 15 is 0 Å². The van der Waals surface area contributed by atoms with Crippen LogP contribution < -0.4 is 19.7 Å². The van der Waals surface area contributed by atoms with E-state index in [-0.39, 0.29) is 4.90 Å². The van der Waals surface area contributed by atoms with E-state index in [0.717, 1.165) is 60.0 Å². The van der Waals surface area contributed by atoms with Gasteiger partial charge in [0.2, 0.25) is 10.0 Å². The maximum absolute atomic E-state index is 11.7. The van der Waals surface area contributed by atoms with Crippen LogP contribution in [0.1, 0.15) is 0 Å². The molecule has 0 bridgehead atoms. The number of sulfonamides is 1. The highest BCUT2D eigenvalue weighted by atomic mass is 32.2.